The molecule has 5 heteroatoms. The zero-order valence-corrected chi connectivity index (χ0v) is 19.2. The molecule has 0 saturated carbocycles. The normalized spacial score (nSPS) is 14.2. The van der Waals surface area contributed by atoms with E-state index in [4.69, 9.17) is 25.6 Å². The summed E-state index contributed by atoms with van der Waals surface area (Å²) in [4.78, 5) is 13.2. The lowest BCUT2D eigenvalue weighted by molar-refractivity contribution is 0.669. The maximum atomic E-state index is 8.78. The Morgan fingerprint density at radius 1 is 0.639 bits per heavy atom. The zero-order valence-electron chi connectivity index (χ0n) is 25.5. The van der Waals surface area contributed by atoms with Gasteiger partial charge in [-0.2, -0.15) is 9.97 Å². The van der Waals surface area contributed by atoms with Crippen molar-refractivity contribution < 1.29 is 14.0 Å². The Bertz CT molecular complexity index is 2290. The monoisotopic (exact) mass is 490 g/mol. The van der Waals surface area contributed by atoms with Crippen LogP contribution in [0.2, 0.25) is 5.28 Å². The quantitative estimate of drug-likeness (QED) is 0.249. The summed E-state index contributed by atoms with van der Waals surface area (Å²) in [5.41, 5.74) is 2.26. The van der Waals surface area contributed by atoms with Gasteiger partial charge in [0.15, 0.2) is 11.6 Å². The fourth-order valence-corrected chi connectivity index (χ4v) is 4.56. The Labute approximate surface area is 221 Å². The van der Waals surface area contributed by atoms with E-state index >= 15 is 0 Å². The molecule has 0 atom stereocenters. The second-order valence-corrected chi connectivity index (χ2v) is 8.46. The van der Waals surface area contributed by atoms with E-state index in [9.17, 15) is 0 Å². The van der Waals surface area contributed by atoms with Crippen LogP contribution in [-0.2, 0) is 0 Å². The lowest BCUT2D eigenvalue weighted by Crippen LogP contribution is -1.97. The molecule has 4 nitrogen and oxygen atoms in total. The Morgan fingerprint density at radius 3 is 2.39 bits per heavy atom. The molecule has 0 spiro atoms. The molecule has 0 fully saturated rings. The summed E-state index contributed by atoms with van der Waals surface area (Å²) in [6.45, 7) is 0. The van der Waals surface area contributed by atoms with Gasteiger partial charge in [-0.3, -0.25) is 0 Å². The highest BCUT2D eigenvalue weighted by atomic mass is 35.5. The van der Waals surface area contributed by atoms with Crippen LogP contribution in [0.15, 0.2) is 113 Å². The molecule has 0 aliphatic rings. The number of hydrogen-bond acceptors (Lipinski definition) is 4. The van der Waals surface area contributed by atoms with Crippen molar-refractivity contribution in [2.45, 2.75) is 0 Å². The summed E-state index contributed by atoms with van der Waals surface area (Å²) in [5, 5.41) is 1.78. The maximum absolute atomic E-state index is 8.78. The van der Waals surface area contributed by atoms with Crippen molar-refractivity contribution in [2.24, 2.45) is 0 Å². The van der Waals surface area contributed by atoms with Crippen molar-refractivity contribution in [1.29, 1.82) is 0 Å². The van der Waals surface area contributed by atoms with Gasteiger partial charge in [-0.1, -0.05) is 90.9 Å². The Morgan fingerprint density at radius 2 is 1.47 bits per heavy atom. The third-order valence-corrected chi connectivity index (χ3v) is 6.17. The van der Waals surface area contributed by atoms with Crippen LogP contribution in [0, 0.1) is 0 Å². The van der Waals surface area contributed by atoms with Gasteiger partial charge in [-0.05, 0) is 51.7 Å². The topological polar surface area (TPSA) is 51.8 Å². The van der Waals surface area contributed by atoms with Gasteiger partial charge in [0.05, 0.1) is 9.60 Å². The van der Waals surface area contributed by atoms with E-state index in [2.05, 4.69) is 15.0 Å². The number of aromatic nitrogens is 3. The van der Waals surface area contributed by atoms with Crippen molar-refractivity contribution in [1.82, 2.24) is 15.0 Å². The number of hydrogen-bond donors (Lipinski definition) is 0. The maximum Gasteiger partial charge on any atom is 0.226 e. The fraction of sp³-hybridized carbons (Fsp3) is 0. The number of fused-ring (bicyclic) bond motifs is 4. The minimum Gasteiger partial charge on any atom is -0.456 e. The van der Waals surface area contributed by atoms with Crippen molar-refractivity contribution in [3.05, 3.63) is 114 Å². The van der Waals surface area contributed by atoms with E-state index in [0.717, 1.165) is 21.9 Å². The van der Waals surface area contributed by atoms with Crippen LogP contribution < -0.4 is 0 Å². The standard InChI is InChI=1S/C31H18ClN3O/c32-31-34-29(21-17-16-20-10-6-12-22(25(20)18-21)19-8-2-1-3-9-19)33-30(35-31)24-13-7-15-27-28(24)23-11-4-5-14-26(23)36-27/h1-18H/i4D,5D,7D,11D,13D,14D,15D. The molecule has 2 heterocycles. The minimum atomic E-state index is -0.501. The molecule has 0 N–H and O–H groups in total. The third-order valence-electron chi connectivity index (χ3n) is 6.00. The van der Waals surface area contributed by atoms with Crippen LogP contribution in [0.1, 0.15) is 9.60 Å². The van der Waals surface area contributed by atoms with Gasteiger partial charge in [-0.15, -0.1) is 0 Å². The second-order valence-electron chi connectivity index (χ2n) is 8.12. The Balaban J connectivity index is 1.51. The van der Waals surface area contributed by atoms with Crippen LogP contribution in [0.5, 0.6) is 0 Å². The number of benzene rings is 5. The van der Waals surface area contributed by atoms with Crippen molar-refractivity contribution in [3.63, 3.8) is 0 Å². The molecule has 2 aromatic heterocycles. The predicted octanol–water partition coefficient (Wildman–Crippen LogP) is 8.58. The summed E-state index contributed by atoms with van der Waals surface area (Å²) in [5.74, 6) is 0.105. The molecule has 0 unspecified atom stereocenters. The van der Waals surface area contributed by atoms with Gasteiger partial charge in [0.25, 0.3) is 0 Å². The van der Waals surface area contributed by atoms with E-state index in [0.29, 0.717) is 5.56 Å². The lowest BCUT2D eigenvalue weighted by Gasteiger charge is -2.10. The SMILES string of the molecule is [2H]c1c([2H])c([2H])c2c(oc3c([2H])c([2H])c([2H])c(-c4nc(Cl)nc(-c5ccc6cccc(-c7ccccc7)c6c5)n4)c32)c1[2H]. The van der Waals surface area contributed by atoms with E-state index in [1.54, 1.807) is 0 Å². The average Bonchev–Trinajstić information content (AvgIpc) is 3.42. The zero-order chi connectivity index (χ0) is 30.2. The number of nitrogens with zero attached hydrogens (tertiary/aromatic N) is 3. The van der Waals surface area contributed by atoms with E-state index in [1.165, 1.54) is 0 Å². The van der Waals surface area contributed by atoms with Gasteiger partial charge >= 0.3 is 0 Å². The van der Waals surface area contributed by atoms with Gasteiger partial charge in [-0.25, -0.2) is 4.98 Å². The minimum absolute atomic E-state index is 0.0331. The van der Waals surface area contributed by atoms with Crippen LogP contribution in [-0.4, -0.2) is 15.0 Å². The largest absolute Gasteiger partial charge is 0.456 e. The van der Waals surface area contributed by atoms with Crippen molar-refractivity contribution >= 4 is 44.3 Å². The van der Waals surface area contributed by atoms with Gasteiger partial charge < -0.3 is 4.42 Å². The smallest absolute Gasteiger partial charge is 0.226 e. The van der Waals surface area contributed by atoms with Crippen LogP contribution in [0.4, 0.5) is 0 Å². The first-order valence-corrected chi connectivity index (χ1v) is 11.5. The first kappa shape index (κ1) is 14.8. The molecule has 0 aliphatic carbocycles. The molecular weight excluding hydrogens is 466 g/mol. The highest BCUT2D eigenvalue weighted by Gasteiger charge is 2.17. The summed E-state index contributed by atoms with van der Waals surface area (Å²) in [6.07, 6.45) is 0. The van der Waals surface area contributed by atoms with Gasteiger partial charge in [0.2, 0.25) is 5.28 Å². The van der Waals surface area contributed by atoms with Crippen LogP contribution >= 0.6 is 11.6 Å². The van der Waals surface area contributed by atoms with E-state index in [1.807, 2.05) is 66.7 Å². The Hall–Kier alpha value is -4.54. The van der Waals surface area contributed by atoms with Crippen LogP contribution in [0.3, 0.4) is 0 Å². The van der Waals surface area contributed by atoms with E-state index < -0.39 is 42.3 Å². The van der Waals surface area contributed by atoms with Crippen molar-refractivity contribution in [3.8, 4) is 33.9 Å². The van der Waals surface area contributed by atoms with Gasteiger partial charge in [0.1, 0.15) is 11.2 Å². The number of furan rings is 1. The molecule has 0 aliphatic heterocycles. The van der Waals surface area contributed by atoms with E-state index in [-0.39, 0.29) is 44.4 Å². The molecule has 0 saturated heterocycles. The molecule has 0 bridgehead atoms. The lowest BCUT2D eigenvalue weighted by atomic mass is 9.96. The van der Waals surface area contributed by atoms with Gasteiger partial charge in [0, 0.05) is 21.9 Å². The summed E-state index contributed by atoms with van der Waals surface area (Å²) < 4.78 is 64.6. The summed E-state index contributed by atoms with van der Waals surface area (Å²) in [6, 6.07) is 18.5. The Kier molecular flexibility index (Phi) is 3.40. The number of para-hydroxylation sites is 1. The fourth-order valence-electron chi connectivity index (χ4n) is 4.40. The molecule has 7 rings (SSSR count). The molecule has 0 radical (unpaired) electrons. The molecule has 7 aromatic rings. The van der Waals surface area contributed by atoms with Crippen molar-refractivity contribution in [2.75, 3.05) is 0 Å². The number of halogens is 1. The highest BCUT2D eigenvalue weighted by Crippen LogP contribution is 2.36. The second kappa shape index (κ2) is 8.29. The first-order valence-electron chi connectivity index (χ1n) is 14.6. The molecule has 0 amide bonds. The molecule has 5 aromatic carbocycles. The highest BCUT2D eigenvalue weighted by molar-refractivity contribution is 6.28. The third kappa shape index (κ3) is 3.43. The average molecular weight is 491 g/mol. The molecular formula is C31H18ClN3O. The predicted molar refractivity (Wildman–Crippen MR) is 146 cm³/mol. The number of rotatable bonds is 3. The van der Waals surface area contributed by atoms with Crippen LogP contribution in [0.25, 0.3) is 66.6 Å². The summed E-state index contributed by atoms with van der Waals surface area (Å²) in [7, 11) is 0. The summed E-state index contributed by atoms with van der Waals surface area (Å²) >= 11 is 6.41. The molecule has 170 valence electrons. The first-order chi connectivity index (χ1) is 20.7. The molecule has 36 heavy (non-hydrogen) atoms.